The van der Waals surface area contributed by atoms with E-state index in [4.69, 9.17) is 9.47 Å². The maximum Gasteiger partial charge on any atom is 0.259 e. The van der Waals surface area contributed by atoms with Gasteiger partial charge in [0.15, 0.2) is 0 Å². The minimum Gasteiger partial charge on any atom is -0.496 e. The van der Waals surface area contributed by atoms with Crippen LogP contribution in [0.4, 0.5) is 5.69 Å². The molecule has 27 heavy (non-hydrogen) atoms. The van der Waals surface area contributed by atoms with E-state index in [0.717, 1.165) is 0 Å². The van der Waals surface area contributed by atoms with Gasteiger partial charge in [-0.25, -0.2) is 8.42 Å². The van der Waals surface area contributed by atoms with Crippen LogP contribution in [0.2, 0.25) is 0 Å². The van der Waals surface area contributed by atoms with E-state index in [1.807, 2.05) is 6.92 Å². The second-order valence-corrected chi connectivity index (χ2v) is 8.16. The van der Waals surface area contributed by atoms with Gasteiger partial charge in [0.1, 0.15) is 5.75 Å². The first kappa shape index (κ1) is 19.3. The molecule has 0 aromatic heterocycles. The smallest absolute Gasteiger partial charge is 0.259 e. The Kier molecular flexibility index (Phi) is 5.79. The van der Waals surface area contributed by atoms with E-state index in [1.54, 1.807) is 36.4 Å². The second-order valence-electron chi connectivity index (χ2n) is 6.23. The Morgan fingerprint density at radius 1 is 1.22 bits per heavy atom. The van der Waals surface area contributed by atoms with Crippen molar-refractivity contribution in [1.29, 1.82) is 0 Å². The Morgan fingerprint density at radius 2 is 2.00 bits per heavy atom. The Hall–Kier alpha value is -2.42. The molecule has 7 nitrogen and oxygen atoms in total. The van der Waals surface area contributed by atoms with Crippen molar-refractivity contribution in [1.82, 2.24) is 4.31 Å². The number of amides is 1. The third kappa shape index (κ3) is 4.29. The molecule has 0 bridgehead atoms. The molecule has 1 heterocycles. The molecule has 0 spiro atoms. The fourth-order valence-corrected chi connectivity index (χ4v) is 4.46. The maximum absolute atomic E-state index is 12.9. The minimum absolute atomic E-state index is 0.134. The lowest BCUT2D eigenvalue weighted by atomic mass is 10.2. The SMILES string of the molecule is COc1ccccc1C(=O)Nc1cccc(S(=O)(=O)N2CCOC(C)C2)c1. The highest BCUT2D eigenvalue weighted by atomic mass is 32.2. The van der Waals surface area contributed by atoms with Crippen molar-refractivity contribution in [3.05, 3.63) is 54.1 Å². The molecule has 1 amide bonds. The van der Waals surface area contributed by atoms with Crippen molar-refractivity contribution in [3.63, 3.8) is 0 Å². The average Bonchev–Trinajstić information content (AvgIpc) is 2.68. The summed E-state index contributed by atoms with van der Waals surface area (Å²) in [7, 11) is -2.16. The Labute approximate surface area is 158 Å². The van der Waals surface area contributed by atoms with E-state index in [9.17, 15) is 13.2 Å². The lowest BCUT2D eigenvalue weighted by Gasteiger charge is -2.30. The molecule has 0 saturated carbocycles. The van der Waals surface area contributed by atoms with Crippen LogP contribution >= 0.6 is 0 Å². The van der Waals surface area contributed by atoms with E-state index < -0.39 is 10.0 Å². The highest BCUT2D eigenvalue weighted by Crippen LogP contribution is 2.23. The first-order valence-corrected chi connectivity index (χ1v) is 10.0. The molecule has 2 aromatic carbocycles. The molecule has 8 heteroatoms. The molecule has 1 saturated heterocycles. The largest absolute Gasteiger partial charge is 0.496 e. The monoisotopic (exact) mass is 390 g/mol. The number of morpholine rings is 1. The summed E-state index contributed by atoms with van der Waals surface area (Å²) >= 11 is 0. The molecular formula is C19H22N2O5S. The summed E-state index contributed by atoms with van der Waals surface area (Å²) in [5.41, 5.74) is 0.767. The minimum atomic E-state index is -3.65. The van der Waals surface area contributed by atoms with Gasteiger partial charge >= 0.3 is 0 Å². The third-order valence-corrected chi connectivity index (χ3v) is 6.15. The van der Waals surface area contributed by atoms with E-state index in [-0.39, 0.29) is 16.9 Å². The molecule has 144 valence electrons. The topological polar surface area (TPSA) is 84.9 Å². The van der Waals surface area contributed by atoms with Gasteiger partial charge in [-0.3, -0.25) is 4.79 Å². The number of para-hydroxylation sites is 1. The number of nitrogens with one attached hydrogen (secondary N) is 1. The van der Waals surface area contributed by atoms with Gasteiger partial charge in [-0.1, -0.05) is 18.2 Å². The zero-order chi connectivity index (χ0) is 19.4. The van der Waals surface area contributed by atoms with Gasteiger partial charge in [-0.15, -0.1) is 0 Å². The van der Waals surface area contributed by atoms with Crippen molar-refractivity contribution >= 4 is 21.6 Å². The molecule has 1 aliphatic heterocycles. The molecule has 0 radical (unpaired) electrons. The summed E-state index contributed by atoms with van der Waals surface area (Å²) in [5.74, 6) is 0.0723. The quantitative estimate of drug-likeness (QED) is 0.847. The van der Waals surface area contributed by atoms with E-state index in [1.165, 1.54) is 23.5 Å². The van der Waals surface area contributed by atoms with Crippen LogP contribution in [0.25, 0.3) is 0 Å². The first-order valence-electron chi connectivity index (χ1n) is 8.58. The van der Waals surface area contributed by atoms with Crippen molar-refractivity contribution in [2.24, 2.45) is 0 Å². The highest BCUT2D eigenvalue weighted by Gasteiger charge is 2.29. The van der Waals surface area contributed by atoms with Crippen LogP contribution < -0.4 is 10.1 Å². The number of anilines is 1. The predicted octanol–water partition coefficient (Wildman–Crippen LogP) is 2.36. The third-order valence-electron chi connectivity index (χ3n) is 4.29. The van der Waals surface area contributed by atoms with E-state index in [0.29, 0.717) is 36.7 Å². The molecule has 1 aliphatic rings. The number of nitrogens with zero attached hydrogens (tertiary/aromatic N) is 1. The first-order chi connectivity index (χ1) is 12.9. The molecule has 3 rings (SSSR count). The maximum atomic E-state index is 12.9. The number of hydrogen-bond acceptors (Lipinski definition) is 5. The lowest BCUT2D eigenvalue weighted by Crippen LogP contribution is -2.44. The number of hydrogen-bond donors (Lipinski definition) is 1. The Balaban J connectivity index is 1.82. The van der Waals surface area contributed by atoms with Crippen LogP contribution in [-0.2, 0) is 14.8 Å². The van der Waals surface area contributed by atoms with E-state index in [2.05, 4.69) is 5.32 Å². The predicted molar refractivity (Wildman–Crippen MR) is 102 cm³/mol. The lowest BCUT2D eigenvalue weighted by molar-refractivity contribution is 0.0102. The Morgan fingerprint density at radius 3 is 2.74 bits per heavy atom. The van der Waals surface area contributed by atoms with Crippen LogP contribution in [0.1, 0.15) is 17.3 Å². The molecule has 1 unspecified atom stereocenters. The summed E-state index contributed by atoms with van der Waals surface area (Å²) in [6, 6.07) is 13.1. The van der Waals surface area contributed by atoms with Gasteiger partial charge in [0.2, 0.25) is 10.0 Å². The zero-order valence-electron chi connectivity index (χ0n) is 15.2. The van der Waals surface area contributed by atoms with Gasteiger partial charge in [-0.2, -0.15) is 4.31 Å². The molecule has 1 N–H and O–H groups in total. The fourth-order valence-electron chi connectivity index (χ4n) is 2.92. The van der Waals surface area contributed by atoms with Crippen LogP contribution in [0.15, 0.2) is 53.4 Å². The molecule has 1 atom stereocenters. The Bertz CT molecular complexity index is 929. The van der Waals surface area contributed by atoms with E-state index >= 15 is 0 Å². The summed E-state index contributed by atoms with van der Waals surface area (Å²) in [6.45, 7) is 2.82. The fraction of sp³-hybridized carbons (Fsp3) is 0.316. The number of rotatable bonds is 5. The molecule has 1 fully saturated rings. The van der Waals surface area contributed by atoms with Crippen LogP contribution in [0.3, 0.4) is 0 Å². The van der Waals surface area contributed by atoms with Crippen molar-refractivity contribution < 1.29 is 22.7 Å². The standard InChI is InChI=1S/C19H22N2O5S/c1-14-13-21(10-11-26-14)27(23,24)16-7-5-6-15(12-16)20-19(22)17-8-3-4-9-18(17)25-2/h3-9,12,14H,10-11,13H2,1-2H3,(H,20,22). The number of benzene rings is 2. The van der Waals surface area contributed by atoms with Crippen LogP contribution in [0.5, 0.6) is 5.75 Å². The number of methoxy groups -OCH3 is 1. The molecular weight excluding hydrogens is 368 g/mol. The summed E-state index contributed by atoms with van der Waals surface area (Å²) in [5, 5.41) is 2.73. The van der Waals surface area contributed by atoms with Gasteiger partial charge in [0, 0.05) is 18.8 Å². The van der Waals surface area contributed by atoms with Gasteiger partial charge in [-0.05, 0) is 37.3 Å². The van der Waals surface area contributed by atoms with Crippen molar-refractivity contribution in [2.75, 3.05) is 32.1 Å². The number of carbonyl (C=O) groups is 1. The summed E-state index contributed by atoms with van der Waals surface area (Å²) in [6.07, 6.45) is -0.151. The summed E-state index contributed by atoms with van der Waals surface area (Å²) < 4.78 is 37.8. The van der Waals surface area contributed by atoms with Gasteiger partial charge in [0.05, 0.1) is 30.3 Å². The van der Waals surface area contributed by atoms with Gasteiger partial charge in [0.25, 0.3) is 5.91 Å². The number of ether oxygens (including phenoxy) is 2. The van der Waals surface area contributed by atoms with Crippen LogP contribution in [0, 0.1) is 0 Å². The zero-order valence-corrected chi connectivity index (χ0v) is 16.0. The van der Waals surface area contributed by atoms with Crippen LogP contribution in [-0.4, -0.2) is 51.5 Å². The van der Waals surface area contributed by atoms with Crippen molar-refractivity contribution in [2.45, 2.75) is 17.9 Å². The highest BCUT2D eigenvalue weighted by molar-refractivity contribution is 7.89. The summed E-state index contributed by atoms with van der Waals surface area (Å²) in [4.78, 5) is 12.7. The average molecular weight is 390 g/mol. The normalized spacial score (nSPS) is 18.1. The van der Waals surface area contributed by atoms with Crippen molar-refractivity contribution in [3.8, 4) is 5.75 Å². The number of sulfonamides is 1. The van der Waals surface area contributed by atoms with Gasteiger partial charge < -0.3 is 14.8 Å². The molecule has 2 aromatic rings. The second kappa shape index (κ2) is 8.08. The number of carbonyl (C=O) groups excluding carboxylic acids is 1. The molecule has 0 aliphatic carbocycles.